The zero-order valence-electron chi connectivity index (χ0n) is 7.99. The molecule has 0 spiro atoms. The van der Waals surface area contributed by atoms with Crippen LogP contribution in [0.5, 0.6) is 0 Å². The lowest BCUT2D eigenvalue weighted by Gasteiger charge is -2.13. The van der Waals surface area contributed by atoms with Crippen molar-refractivity contribution in [2.45, 2.75) is 6.92 Å². The summed E-state index contributed by atoms with van der Waals surface area (Å²) >= 11 is 5.74. The number of rotatable bonds is 2. The second kappa shape index (κ2) is 3.64. The predicted molar refractivity (Wildman–Crippen MR) is 54.9 cm³/mol. The van der Waals surface area contributed by atoms with E-state index in [1.54, 1.807) is 19.1 Å². The molecular weight excluding hydrogens is 218 g/mol. The van der Waals surface area contributed by atoms with E-state index >= 15 is 0 Å². The molecule has 0 aromatic heterocycles. The van der Waals surface area contributed by atoms with Gasteiger partial charge in [0, 0.05) is 5.02 Å². The first kappa shape index (κ1) is 10.1. The van der Waals surface area contributed by atoms with E-state index in [0.29, 0.717) is 22.9 Å². The first-order valence-corrected chi connectivity index (χ1v) is 4.84. The van der Waals surface area contributed by atoms with Gasteiger partial charge < -0.3 is 0 Å². The fourth-order valence-corrected chi connectivity index (χ4v) is 1.61. The van der Waals surface area contributed by atoms with Gasteiger partial charge in [0.05, 0.1) is 17.9 Å². The second-order valence-electron chi connectivity index (χ2n) is 3.01. The third-order valence-electron chi connectivity index (χ3n) is 2.06. The topological polar surface area (TPSA) is 46.6 Å². The molecule has 1 heterocycles. The van der Waals surface area contributed by atoms with Crippen molar-refractivity contribution >= 4 is 29.0 Å². The molecule has 0 saturated heterocycles. The summed E-state index contributed by atoms with van der Waals surface area (Å²) in [6.07, 6.45) is 0. The summed E-state index contributed by atoms with van der Waals surface area (Å²) in [5, 5.41) is 1.43. The normalized spacial score (nSPS) is 14.7. The molecule has 1 aliphatic heterocycles. The molecule has 0 fully saturated rings. The van der Waals surface area contributed by atoms with E-state index < -0.39 is 11.7 Å². The summed E-state index contributed by atoms with van der Waals surface area (Å²) in [6, 6.07) is 4.67. The largest absolute Gasteiger partial charge is 0.323 e. The molecule has 0 aliphatic carbocycles. The fraction of sp³-hybridized carbons (Fsp3) is 0.200. The Morgan fingerprint density at radius 3 is 2.80 bits per heavy atom. The van der Waals surface area contributed by atoms with Gasteiger partial charge in [-0.25, -0.2) is 0 Å². The Morgan fingerprint density at radius 2 is 2.13 bits per heavy atom. The number of hydrogen-bond donors (Lipinski definition) is 0. The Bertz CT molecular complexity index is 444. The van der Waals surface area contributed by atoms with Crippen LogP contribution in [0.3, 0.4) is 0 Å². The van der Waals surface area contributed by atoms with Crippen LogP contribution in [0.2, 0.25) is 5.02 Å². The number of hydroxylamine groups is 1. The van der Waals surface area contributed by atoms with Gasteiger partial charge in [-0.3, -0.25) is 14.4 Å². The van der Waals surface area contributed by atoms with Gasteiger partial charge in [-0.05, 0) is 25.1 Å². The minimum absolute atomic E-state index is 0.293. The molecular formula is C10H8ClNO3. The molecule has 2 rings (SSSR count). The molecule has 0 N–H and O–H groups in total. The standard InChI is InChI=1S/C10H8ClNO3/c1-2-15-12-8-4-3-6(11)5-7(8)9(13)10(12)14/h3-5H,2H2,1H3. The van der Waals surface area contributed by atoms with E-state index in [-0.39, 0.29) is 0 Å². The number of hydrogen-bond acceptors (Lipinski definition) is 3. The number of carbonyl (C=O) groups is 2. The van der Waals surface area contributed by atoms with Crippen molar-refractivity contribution in [3.8, 4) is 0 Å². The van der Waals surface area contributed by atoms with Gasteiger partial charge in [0.25, 0.3) is 5.78 Å². The smallest absolute Gasteiger partial charge is 0.283 e. The van der Waals surface area contributed by atoms with E-state index in [1.807, 2.05) is 0 Å². The lowest BCUT2D eigenvalue weighted by molar-refractivity contribution is -0.120. The minimum atomic E-state index is -0.672. The second-order valence-corrected chi connectivity index (χ2v) is 3.44. The molecule has 0 radical (unpaired) electrons. The number of benzene rings is 1. The van der Waals surface area contributed by atoms with E-state index in [4.69, 9.17) is 16.4 Å². The van der Waals surface area contributed by atoms with Crippen molar-refractivity contribution < 1.29 is 14.4 Å². The Labute approximate surface area is 91.3 Å². The van der Waals surface area contributed by atoms with Crippen molar-refractivity contribution in [3.05, 3.63) is 28.8 Å². The summed E-state index contributed by atoms with van der Waals surface area (Å²) in [5.74, 6) is -1.25. The third-order valence-corrected chi connectivity index (χ3v) is 2.29. The van der Waals surface area contributed by atoms with Gasteiger partial charge in [0.1, 0.15) is 0 Å². The number of anilines is 1. The van der Waals surface area contributed by atoms with Crippen molar-refractivity contribution in [1.29, 1.82) is 0 Å². The lowest BCUT2D eigenvalue weighted by atomic mass is 10.1. The van der Waals surface area contributed by atoms with Crippen LogP contribution in [-0.2, 0) is 9.63 Å². The molecule has 1 aromatic carbocycles. The van der Waals surface area contributed by atoms with Crippen molar-refractivity contribution in [2.24, 2.45) is 0 Å². The van der Waals surface area contributed by atoms with Crippen LogP contribution in [0, 0.1) is 0 Å². The van der Waals surface area contributed by atoms with Crippen molar-refractivity contribution in [3.63, 3.8) is 0 Å². The Kier molecular flexibility index (Phi) is 2.46. The summed E-state index contributed by atoms with van der Waals surface area (Å²) in [5.41, 5.74) is 0.747. The Balaban J connectivity index is 2.50. The molecule has 4 nitrogen and oxygen atoms in total. The SMILES string of the molecule is CCON1C(=O)C(=O)c2cc(Cl)ccc21. The molecule has 1 amide bonds. The van der Waals surface area contributed by atoms with Gasteiger partial charge in [-0.2, -0.15) is 5.06 Å². The van der Waals surface area contributed by atoms with E-state index in [2.05, 4.69) is 0 Å². The monoisotopic (exact) mass is 225 g/mol. The molecule has 78 valence electrons. The zero-order chi connectivity index (χ0) is 11.0. The van der Waals surface area contributed by atoms with E-state index in [9.17, 15) is 9.59 Å². The summed E-state index contributed by atoms with van der Waals surface area (Å²) < 4.78 is 0. The van der Waals surface area contributed by atoms with E-state index in [0.717, 1.165) is 5.06 Å². The number of Topliss-reactive ketones (excluding diaryl/α,β-unsaturated/α-hetero) is 1. The van der Waals surface area contributed by atoms with Crippen LogP contribution in [0.1, 0.15) is 17.3 Å². The molecule has 0 saturated carbocycles. The van der Waals surface area contributed by atoms with Crippen molar-refractivity contribution in [1.82, 2.24) is 0 Å². The van der Waals surface area contributed by atoms with E-state index in [1.165, 1.54) is 6.07 Å². The quantitative estimate of drug-likeness (QED) is 0.722. The van der Waals surface area contributed by atoms with Crippen molar-refractivity contribution in [2.75, 3.05) is 11.7 Å². The highest BCUT2D eigenvalue weighted by atomic mass is 35.5. The van der Waals surface area contributed by atoms with Gasteiger partial charge in [0.15, 0.2) is 0 Å². The predicted octanol–water partition coefficient (Wildman–Crippen LogP) is 1.82. The van der Waals surface area contributed by atoms with Crippen LogP contribution in [0.15, 0.2) is 18.2 Å². The maximum absolute atomic E-state index is 11.5. The zero-order valence-corrected chi connectivity index (χ0v) is 8.75. The minimum Gasteiger partial charge on any atom is -0.283 e. The van der Waals surface area contributed by atoms with Gasteiger partial charge >= 0.3 is 5.91 Å². The number of amides is 1. The molecule has 5 heteroatoms. The maximum Gasteiger partial charge on any atom is 0.323 e. The summed E-state index contributed by atoms with van der Waals surface area (Å²) in [6.45, 7) is 2.06. The number of nitrogens with zero attached hydrogens (tertiary/aromatic N) is 1. The van der Waals surface area contributed by atoms with Gasteiger partial charge in [0.2, 0.25) is 0 Å². The molecule has 0 bridgehead atoms. The molecule has 1 aromatic rings. The van der Waals surface area contributed by atoms with Crippen LogP contribution < -0.4 is 5.06 Å². The van der Waals surface area contributed by atoms with Gasteiger partial charge in [-0.15, -0.1) is 0 Å². The molecule has 1 aliphatic rings. The molecule has 15 heavy (non-hydrogen) atoms. The highest BCUT2D eigenvalue weighted by Gasteiger charge is 2.36. The fourth-order valence-electron chi connectivity index (χ4n) is 1.44. The average molecular weight is 226 g/mol. The number of carbonyl (C=O) groups excluding carboxylic acids is 2. The first-order valence-electron chi connectivity index (χ1n) is 4.46. The highest BCUT2D eigenvalue weighted by molar-refractivity contribution is 6.52. The summed E-state index contributed by atoms with van der Waals surface area (Å²) in [4.78, 5) is 28.0. The summed E-state index contributed by atoms with van der Waals surface area (Å²) in [7, 11) is 0. The highest BCUT2D eigenvalue weighted by Crippen LogP contribution is 2.31. The number of ketones is 1. The molecule has 0 atom stereocenters. The van der Waals surface area contributed by atoms with Crippen LogP contribution in [0.25, 0.3) is 0 Å². The third kappa shape index (κ3) is 1.52. The Hall–Kier alpha value is -1.39. The first-order chi connectivity index (χ1) is 7.15. The number of fused-ring (bicyclic) bond motifs is 1. The average Bonchev–Trinajstić information content (AvgIpc) is 2.44. The number of halogens is 1. The Morgan fingerprint density at radius 1 is 1.40 bits per heavy atom. The van der Waals surface area contributed by atoms with Crippen LogP contribution in [-0.4, -0.2) is 18.3 Å². The van der Waals surface area contributed by atoms with Crippen LogP contribution in [0.4, 0.5) is 5.69 Å². The lowest BCUT2D eigenvalue weighted by Crippen LogP contribution is -2.29. The maximum atomic E-state index is 11.5. The van der Waals surface area contributed by atoms with Crippen LogP contribution >= 0.6 is 11.6 Å². The van der Waals surface area contributed by atoms with Gasteiger partial charge in [-0.1, -0.05) is 11.6 Å². The molecule has 0 unspecified atom stereocenters.